The molecule has 8 nitrogen and oxygen atoms in total. The molecule has 1 aliphatic rings. The molecule has 12 heteroatoms. The summed E-state index contributed by atoms with van der Waals surface area (Å²) in [5, 5.41) is 8.10. The average molecular weight is 601 g/mol. The first-order chi connectivity index (χ1) is 20.0. The summed E-state index contributed by atoms with van der Waals surface area (Å²) in [4.78, 5) is 27.7. The third-order valence-electron chi connectivity index (χ3n) is 7.48. The van der Waals surface area contributed by atoms with Gasteiger partial charge in [-0.25, -0.2) is 4.68 Å². The Labute approximate surface area is 245 Å². The Morgan fingerprint density at radius 1 is 1.14 bits per heavy atom. The number of rotatable bonds is 7. The largest absolute Gasteiger partial charge is 0.494 e. The number of esters is 1. The van der Waals surface area contributed by atoms with Gasteiger partial charge in [0, 0.05) is 26.1 Å². The van der Waals surface area contributed by atoms with Crippen LogP contribution in [-0.4, -0.2) is 52.0 Å². The average Bonchev–Trinajstić information content (AvgIpc) is 3.34. The van der Waals surface area contributed by atoms with Gasteiger partial charge in [-0.1, -0.05) is 35.0 Å². The third kappa shape index (κ3) is 5.65. The van der Waals surface area contributed by atoms with Gasteiger partial charge in [-0.15, -0.1) is 5.10 Å². The number of carbonyl (C=O) groups is 2. The lowest BCUT2D eigenvalue weighted by Crippen LogP contribution is -2.36. The van der Waals surface area contributed by atoms with Gasteiger partial charge >= 0.3 is 12.1 Å². The molecule has 0 radical (unpaired) electrons. The van der Waals surface area contributed by atoms with Gasteiger partial charge in [0.1, 0.15) is 16.8 Å². The quantitative estimate of drug-likeness (QED) is 0.244. The molecule has 0 bridgehead atoms. The number of carbonyl (C=O) groups excluding carboxylic acids is 2. The molecule has 1 atom stereocenters. The number of hydrogen-bond donors (Lipinski definition) is 0. The fourth-order valence-electron chi connectivity index (χ4n) is 5.50. The molecule has 5 rings (SSSR count). The van der Waals surface area contributed by atoms with Crippen molar-refractivity contribution in [2.75, 3.05) is 20.3 Å². The van der Waals surface area contributed by atoms with E-state index in [1.807, 2.05) is 30.3 Å². The molecule has 1 aliphatic heterocycles. The molecular formula is C30H28ClF3N4O4. The first-order valence-electron chi connectivity index (χ1n) is 13.3. The second kappa shape index (κ2) is 11.6. The maximum Gasteiger partial charge on any atom is 0.416 e. The fourth-order valence-corrected chi connectivity index (χ4v) is 5.76. The van der Waals surface area contributed by atoms with Crippen LogP contribution in [0, 0.1) is 0 Å². The Kier molecular flexibility index (Phi) is 8.14. The Bertz CT molecular complexity index is 1670. The van der Waals surface area contributed by atoms with Gasteiger partial charge in [0.2, 0.25) is 0 Å². The van der Waals surface area contributed by atoms with Crippen molar-refractivity contribution in [3.8, 4) is 5.75 Å². The maximum atomic E-state index is 13.3. The number of fused-ring (bicyclic) bond motifs is 2. The van der Waals surface area contributed by atoms with Crippen LogP contribution in [0.5, 0.6) is 5.75 Å². The molecule has 0 unspecified atom stereocenters. The molecule has 1 amide bonds. The Balaban J connectivity index is 1.50. The third-order valence-corrected chi connectivity index (χ3v) is 7.79. The summed E-state index contributed by atoms with van der Waals surface area (Å²) in [5.41, 5.74) is 4.01. The first kappa shape index (κ1) is 29.4. The normalized spacial score (nSPS) is 14.0. The van der Waals surface area contributed by atoms with Gasteiger partial charge in [-0.2, -0.15) is 13.2 Å². The predicted octanol–water partition coefficient (Wildman–Crippen LogP) is 5.93. The van der Waals surface area contributed by atoms with Gasteiger partial charge in [0.15, 0.2) is 0 Å². The molecule has 4 aromatic rings. The molecule has 1 aromatic heterocycles. The van der Waals surface area contributed by atoms with Crippen LogP contribution < -0.4 is 4.74 Å². The van der Waals surface area contributed by atoms with Gasteiger partial charge < -0.3 is 14.4 Å². The summed E-state index contributed by atoms with van der Waals surface area (Å²) in [6, 6.07) is 12.2. The molecule has 0 N–H and O–H groups in total. The number of methoxy groups -OCH3 is 1. The highest BCUT2D eigenvalue weighted by atomic mass is 35.5. The summed E-state index contributed by atoms with van der Waals surface area (Å²) in [7, 11) is 3.33. The van der Waals surface area contributed by atoms with E-state index < -0.39 is 23.6 Å². The maximum absolute atomic E-state index is 13.3. The van der Waals surface area contributed by atoms with Crippen molar-refractivity contribution in [3.05, 3.63) is 86.9 Å². The lowest BCUT2D eigenvalue weighted by molar-refractivity contribution is -0.143. The zero-order valence-corrected chi connectivity index (χ0v) is 23.9. The number of amides is 1. The molecule has 0 fully saturated rings. The van der Waals surface area contributed by atoms with Crippen LogP contribution in [0.2, 0.25) is 5.02 Å². The van der Waals surface area contributed by atoms with E-state index in [0.717, 1.165) is 46.0 Å². The van der Waals surface area contributed by atoms with E-state index in [-0.39, 0.29) is 36.1 Å². The highest BCUT2D eigenvalue weighted by molar-refractivity contribution is 6.33. The minimum absolute atomic E-state index is 0.00817. The minimum Gasteiger partial charge on any atom is -0.494 e. The second-order valence-electron chi connectivity index (χ2n) is 10.0. The van der Waals surface area contributed by atoms with Crippen molar-refractivity contribution < 1.29 is 32.2 Å². The van der Waals surface area contributed by atoms with Crippen molar-refractivity contribution in [3.63, 3.8) is 0 Å². The van der Waals surface area contributed by atoms with E-state index in [2.05, 4.69) is 10.3 Å². The number of aryl methyl sites for hydroxylation is 1. The van der Waals surface area contributed by atoms with Crippen LogP contribution in [0.4, 0.5) is 13.2 Å². The summed E-state index contributed by atoms with van der Waals surface area (Å²) >= 11 is 6.11. The fraction of sp³-hybridized carbons (Fsp3) is 0.333. The molecule has 220 valence electrons. The number of alkyl halides is 3. The lowest BCUT2D eigenvalue weighted by atomic mass is 9.82. The molecule has 0 spiro atoms. The zero-order chi connectivity index (χ0) is 30.2. The van der Waals surface area contributed by atoms with Crippen molar-refractivity contribution in [2.24, 2.45) is 7.05 Å². The summed E-state index contributed by atoms with van der Waals surface area (Å²) in [6.07, 6.45) is -4.02. The molecule has 0 aliphatic carbocycles. The van der Waals surface area contributed by atoms with Crippen LogP contribution in [0.25, 0.3) is 11.0 Å². The Hall–Kier alpha value is -4.12. The van der Waals surface area contributed by atoms with Gasteiger partial charge in [0.05, 0.1) is 36.3 Å². The minimum atomic E-state index is -4.56. The number of nitrogens with zero attached hydrogens (tertiary/aromatic N) is 4. The van der Waals surface area contributed by atoms with Crippen molar-refractivity contribution in [2.45, 2.75) is 38.4 Å². The lowest BCUT2D eigenvalue weighted by Gasteiger charge is -2.32. The van der Waals surface area contributed by atoms with E-state index >= 15 is 0 Å². The van der Waals surface area contributed by atoms with E-state index in [1.54, 1.807) is 30.7 Å². The number of ether oxygens (including phenoxy) is 2. The smallest absolute Gasteiger partial charge is 0.416 e. The van der Waals surface area contributed by atoms with E-state index in [9.17, 15) is 22.8 Å². The SMILES string of the molecule is CCOC(=O)C[C@H](c1cc(OC)c2c(c1)nnn2C)c1cccc2c1CCN(C(=O)c1ccc(C(F)(F)F)cc1Cl)C2. The van der Waals surface area contributed by atoms with Crippen LogP contribution >= 0.6 is 11.6 Å². The van der Waals surface area contributed by atoms with Crippen molar-refractivity contribution in [1.29, 1.82) is 0 Å². The topological polar surface area (TPSA) is 86.6 Å². The molecule has 0 saturated carbocycles. The van der Waals surface area contributed by atoms with Crippen LogP contribution in [-0.2, 0) is 35.7 Å². The van der Waals surface area contributed by atoms with Gasteiger partial charge in [-0.05, 0) is 65.9 Å². The highest BCUT2D eigenvalue weighted by Gasteiger charge is 2.33. The molecule has 3 aromatic carbocycles. The van der Waals surface area contributed by atoms with Crippen LogP contribution in [0.3, 0.4) is 0 Å². The summed E-state index contributed by atoms with van der Waals surface area (Å²) in [6.45, 7) is 2.55. The number of halogens is 4. The second-order valence-corrected chi connectivity index (χ2v) is 10.4. The molecule has 42 heavy (non-hydrogen) atoms. The standard InChI is InChI=1S/C30H28ClF3N4O4/c1-4-42-27(39)15-23(18-12-25-28(26(13-18)41-3)37(2)36-35-25)21-7-5-6-17-16-38(11-10-20(17)21)29(40)22-9-8-19(14-24(22)31)30(32,33)34/h5-9,12-14,23H,4,10-11,15-16H2,1-3H3/t23-/m1/s1. The Morgan fingerprint density at radius 2 is 1.93 bits per heavy atom. The molecule has 0 saturated heterocycles. The molecular weight excluding hydrogens is 573 g/mol. The number of benzene rings is 3. The molecule has 2 heterocycles. The highest BCUT2D eigenvalue weighted by Crippen LogP contribution is 2.39. The first-order valence-corrected chi connectivity index (χ1v) is 13.7. The number of hydrogen-bond acceptors (Lipinski definition) is 6. The van der Waals surface area contributed by atoms with Gasteiger partial charge in [-0.3, -0.25) is 9.59 Å². The van der Waals surface area contributed by atoms with Gasteiger partial charge in [0.25, 0.3) is 5.91 Å². The zero-order valence-electron chi connectivity index (χ0n) is 23.2. The van der Waals surface area contributed by atoms with Crippen LogP contribution in [0.1, 0.15) is 57.4 Å². The number of aromatic nitrogens is 3. The monoisotopic (exact) mass is 600 g/mol. The van der Waals surface area contributed by atoms with E-state index in [4.69, 9.17) is 21.1 Å². The predicted molar refractivity (Wildman–Crippen MR) is 149 cm³/mol. The Morgan fingerprint density at radius 3 is 2.62 bits per heavy atom. The summed E-state index contributed by atoms with van der Waals surface area (Å²) < 4.78 is 51.8. The van der Waals surface area contributed by atoms with Crippen molar-refractivity contribution >= 4 is 34.5 Å². The van der Waals surface area contributed by atoms with E-state index in [1.165, 1.54) is 0 Å². The summed E-state index contributed by atoms with van der Waals surface area (Å²) in [5.74, 6) is -0.640. The van der Waals surface area contributed by atoms with E-state index in [0.29, 0.717) is 24.2 Å². The van der Waals surface area contributed by atoms with Crippen molar-refractivity contribution in [1.82, 2.24) is 19.9 Å². The van der Waals surface area contributed by atoms with Crippen LogP contribution in [0.15, 0.2) is 48.5 Å².